The summed E-state index contributed by atoms with van der Waals surface area (Å²) in [7, 11) is 0. The van der Waals surface area contributed by atoms with E-state index < -0.39 is 10.5 Å². The van der Waals surface area contributed by atoms with E-state index in [-0.39, 0.29) is 23.4 Å². The molecule has 1 heterocycles. The van der Waals surface area contributed by atoms with Crippen molar-refractivity contribution in [3.63, 3.8) is 0 Å². The first-order valence-electron chi connectivity index (χ1n) is 8.10. The van der Waals surface area contributed by atoms with Crippen LogP contribution in [0.25, 0.3) is 0 Å². The fraction of sp³-hybridized carbons (Fsp3) is 0.529. The van der Waals surface area contributed by atoms with Crippen molar-refractivity contribution < 1.29 is 19.2 Å². The van der Waals surface area contributed by atoms with Gasteiger partial charge in [-0.2, -0.15) is 0 Å². The van der Waals surface area contributed by atoms with Crippen molar-refractivity contribution in [2.75, 3.05) is 24.5 Å². The number of aldehydes is 1. The van der Waals surface area contributed by atoms with Crippen LogP contribution in [0.5, 0.6) is 0 Å². The first-order valence-corrected chi connectivity index (χ1v) is 8.10. The molecule has 136 valence electrons. The molecule has 8 heteroatoms. The van der Waals surface area contributed by atoms with Gasteiger partial charge in [-0.1, -0.05) is 0 Å². The van der Waals surface area contributed by atoms with Gasteiger partial charge in [0, 0.05) is 49.1 Å². The molecule has 2 rings (SSSR count). The molecule has 1 fully saturated rings. The number of carbonyl (C=O) groups is 2. The van der Waals surface area contributed by atoms with E-state index in [1.54, 1.807) is 11.0 Å². The van der Waals surface area contributed by atoms with E-state index in [9.17, 15) is 19.7 Å². The largest absolute Gasteiger partial charge is 0.444 e. The van der Waals surface area contributed by atoms with Crippen LogP contribution < -0.4 is 4.90 Å². The molecule has 1 aliphatic heterocycles. The number of rotatable bonds is 3. The molecule has 0 aliphatic carbocycles. The van der Waals surface area contributed by atoms with Gasteiger partial charge in [-0.25, -0.2) is 4.79 Å². The molecule has 8 nitrogen and oxygen atoms in total. The summed E-state index contributed by atoms with van der Waals surface area (Å²) in [5.41, 5.74) is 0.232. The molecule has 25 heavy (non-hydrogen) atoms. The van der Waals surface area contributed by atoms with Gasteiger partial charge in [0.25, 0.3) is 5.69 Å². The van der Waals surface area contributed by atoms with Crippen molar-refractivity contribution in [3.05, 3.63) is 33.9 Å². The molecule has 0 spiro atoms. The molecule has 0 saturated carbocycles. The summed E-state index contributed by atoms with van der Waals surface area (Å²) in [6.07, 6.45) is 0.258. The van der Waals surface area contributed by atoms with Crippen molar-refractivity contribution >= 4 is 23.8 Å². The van der Waals surface area contributed by atoms with Crippen LogP contribution in [0.2, 0.25) is 0 Å². The first kappa shape index (κ1) is 18.7. The van der Waals surface area contributed by atoms with Crippen LogP contribution in [0.15, 0.2) is 18.2 Å². The number of anilines is 1. The number of carbonyl (C=O) groups excluding carboxylic acids is 2. The number of amides is 1. The molecule has 1 amide bonds. The minimum absolute atomic E-state index is 0.0542. The molecule has 0 bridgehead atoms. The Morgan fingerprint density at radius 1 is 1.36 bits per heavy atom. The van der Waals surface area contributed by atoms with Gasteiger partial charge in [0.2, 0.25) is 0 Å². The molecule has 0 aromatic heterocycles. The van der Waals surface area contributed by atoms with E-state index in [0.29, 0.717) is 31.6 Å². The first-order chi connectivity index (χ1) is 11.6. The van der Waals surface area contributed by atoms with Gasteiger partial charge in [0.15, 0.2) is 6.29 Å². The molecule has 0 N–H and O–H groups in total. The molecule has 0 radical (unpaired) electrons. The maximum absolute atomic E-state index is 12.2. The Bertz CT molecular complexity index is 683. The zero-order valence-corrected chi connectivity index (χ0v) is 14.9. The molecule has 1 aromatic carbocycles. The highest BCUT2D eigenvalue weighted by Crippen LogP contribution is 2.28. The molecule has 1 saturated heterocycles. The SMILES string of the molecule is C[C@H]1CN(C(=O)OC(C)(C)C)CCN1c1ccc([N+](=O)[O-])cc1C=O. The Labute approximate surface area is 146 Å². The second kappa shape index (κ2) is 7.08. The van der Waals surface area contributed by atoms with Gasteiger partial charge >= 0.3 is 6.09 Å². The highest BCUT2D eigenvalue weighted by atomic mass is 16.6. The third-order valence-electron chi connectivity index (χ3n) is 3.94. The molecular formula is C17H23N3O5. The second-order valence-electron chi connectivity index (χ2n) is 7.09. The molecule has 1 atom stereocenters. The molecule has 0 unspecified atom stereocenters. The lowest BCUT2D eigenvalue weighted by atomic mass is 10.1. The molecular weight excluding hydrogens is 326 g/mol. The predicted octanol–water partition coefficient (Wildman–Crippen LogP) is 2.85. The smallest absolute Gasteiger partial charge is 0.410 e. The van der Waals surface area contributed by atoms with Crippen LogP contribution in [0, 0.1) is 10.1 Å². The zero-order valence-electron chi connectivity index (χ0n) is 14.9. The summed E-state index contributed by atoms with van der Waals surface area (Å²) in [6.45, 7) is 8.80. The number of hydrogen-bond acceptors (Lipinski definition) is 6. The summed E-state index contributed by atoms with van der Waals surface area (Å²) in [4.78, 5) is 37.5. The maximum atomic E-state index is 12.2. The van der Waals surface area contributed by atoms with Crippen LogP contribution in [0.1, 0.15) is 38.1 Å². The van der Waals surface area contributed by atoms with Crippen LogP contribution in [-0.4, -0.2) is 53.5 Å². The number of non-ortho nitro benzene ring substituents is 1. The number of nitro groups is 1. The number of nitro benzene ring substituents is 1. The third-order valence-corrected chi connectivity index (χ3v) is 3.94. The third kappa shape index (κ3) is 4.46. The average molecular weight is 349 g/mol. The van der Waals surface area contributed by atoms with Gasteiger partial charge in [-0.15, -0.1) is 0 Å². The topological polar surface area (TPSA) is 93.0 Å². The van der Waals surface area contributed by atoms with Gasteiger partial charge in [-0.3, -0.25) is 14.9 Å². The second-order valence-corrected chi connectivity index (χ2v) is 7.09. The monoisotopic (exact) mass is 349 g/mol. The number of nitrogens with zero attached hydrogens (tertiary/aromatic N) is 3. The number of piperazine rings is 1. The Balaban J connectivity index is 2.15. The quantitative estimate of drug-likeness (QED) is 0.473. The summed E-state index contributed by atoms with van der Waals surface area (Å²) in [5.74, 6) is 0. The molecule has 1 aromatic rings. The van der Waals surface area contributed by atoms with Crippen LogP contribution >= 0.6 is 0 Å². The van der Waals surface area contributed by atoms with E-state index in [1.165, 1.54) is 12.1 Å². The van der Waals surface area contributed by atoms with Gasteiger partial charge in [-0.05, 0) is 33.8 Å². The summed E-state index contributed by atoms with van der Waals surface area (Å²) >= 11 is 0. The average Bonchev–Trinajstić information content (AvgIpc) is 2.52. The van der Waals surface area contributed by atoms with Crippen LogP contribution in [0.4, 0.5) is 16.2 Å². The van der Waals surface area contributed by atoms with Crippen molar-refractivity contribution in [1.82, 2.24) is 4.90 Å². The maximum Gasteiger partial charge on any atom is 0.410 e. The Morgan fingerprint density at radius 3 is 2.56 bits per heavy atom. The standard InChI is InChI=1S/C17H23N3O5/c1-12-10-18(16(22)25-17(2,3)4)7-8-19(12)15-6-5-14(20(23)24)9-13(15)11-21/h5-6,9,11-12H,7-8,10H2,1-4H3/t12-/m0/s1. The van der Waals surface area contributed by atoms with Gasteiger partial charge < -0.3 is 14.5 Å². The lowest BCUT2D eigenvalue weighted by Gasteiger charge is -2.41. The van der Waals surface area contributed by atoms with Crippen LogP contribution in [-0.2, 0) is 4.74 Å². The van der Waals surface area contributed by atoms with Gasteiger partial charge in [0.1, 0.15) is 5.60 Å². The number of hydrogen-bond donors (Lipinski definition) is 0. The fourth-order valence-electron chi connectivity index (χ4n) is 2.82. The minimum Gasteiger partial charge on any atom is -0.444 e. The van der Waals surface area contributed by atoms with E-state index >= 15 is 0 Å². The summed E-state index contributed by atoms with van der Waals surface area (Å²) < 4.78 is 5.39. The van der Waals surface area contributed by atoms with E-state index in [4.69, 9.17) is 4.74 Å². The minimum atomic E-state index is -0.555. The van der Waals surface area contributed by atoms with E-state index in [2.05, 4.69) is 0 Å². The summed E-state index contributed by atoms with van der Waals surface area (Å²) in [5, 5.41) is 10.9. The highest BCUT2D eigenvalue weighted by Gasteiger charge is 2.31. The highest BCUT2D eigenvalue weighted by molar-refractivity contribution is 5.86. The Hall–Kier alpha value is -2.64. The number of benzene rings is 1. The van der Waals surface area contributed by atoms with Crippen molar-refractivity contribution in [1.29, 1.82) is 0 Å². The summed E-state index contributed by atoms with van der Waals surface area (Å²) in [6, 6.07) is 4.19. The van der Waals surface area contributed by atoms with Crippen molar-refractivity contribution in [3.8, 4) is 0 Å². The zero-order chi connectivity index (χ0) is 18.8. The Morgan fingerprint density at radius 2 is 2.04 bits per heavy atom. The van der Waals surface area contributed by atoms with Crippen molar-refractivity contribution in [2.45, 2.75) is 39.3 Å². The Kier molecular flexibility index (Phi) is 5.30. The lowest BCUT2D eigenvalue weighted by molar-refractivity contribution is -0.384. The predicted molar refractivity (Wildman–Crippen MR) is 93.1 cm³/mol. The lowest BCUT2D eigenvalue weighted by Crippen LogP contribution is -2.54. The van der Waals surface area contributed by atoms with Crippen LogP contribution in [0.3, 0.4) is 0 Å². The van der Waals surface area contributed by atoms with E-state index in [0.717, 1.165) is 0 Å². The van der Waals surface area contributed by atoms with E-state index in [1.807, 2.05) is 32.6 Å². The van der Waals surface area contributed by atoms with Gasteiger partial charge in [0.05, 0.1) is 4.92 Å². The number of ether oxygens (including phenoxy) is 1. The normalized spacial score (nSPS) is 18.0. The fourth-order valence-corrected chi connectivity index (χ4v) is 2.82. The van der Waals surface area contributed by atoms with Crippen molar-refractivity contribution in [2.24, 2.45) is 0 Å². The molecule has 1 aliphatic rings.